The van der Waals surface area contributed by atoms with Crippen molar-refractivity contribution in [3.63, 3.8) is 0 Å². The number of benzene rings is 2. The minimum atomic E-state index is -2.83. The minimum Gasteiger partial charge on any atom is -0.481 e. The molecule has 1 aliphatic heterocycles. The van der Waals surface area contributed by atoms with Crippen molar-refractivity contribution in [1.29, 1.82) is 0 Å². The van der Waals surface area contributed by atoms with Gasteiger partial charge in [0.2, 0.25) is 23.7 Å². The fourth-order valence-electron chi connectivity index (χ4n) is 5.28. The normalized spacial score (nSPS) is 13.6. The van der Waals surface area contributed by atoms with Gasteiger partial charge in [-0.05, 0) is 55.2 Å². The zero-order chi connectivity index (χ0) is 30.0. The lowest BCUT2D eigenvalue weighted by molar-refractivity contribution is 0.122. The molecule has 1 fully saturated rings. The van der Waals surface area contributed by atoms with E-state index in [2.05, 4.69) is 37.4 Å². The zero-order valence-corrected chi connectivity index (χ0v) is 24.2. The van der Waals surface area contributed by atoms with E-state index >= 15 is 0 Å². The maximum Gasteiger partial charge on any atom is 0.296 e. The number of pyridine rings is 1. The van der Waals surface area contributed by atoms with Crippen molar-refractivity contribution >= 4 is 22.9 Å². The van der Waals surface area contributed by atoms with Crippen LogP contribution >= 0.6 is 0 Å². The molecule has 12 heteroatoms. The van der Waals surface area contributed by atoms with Crippen LogP contribution in [0.4, 0.5) is 20.7 Å². The highest BCUT2D eigenvalue weighted by Gasteiger charge is 2.27. The number of hydrogen-bond donors (Lipinski definition) is 1. The summed E-state index contributed by atoms with van der Waals surface area (Å²) in [5, 5.41) is 3.47. The molecule has 0 amide bonds. The van der Waals surface area contributed by atoms with Crippen molar-refractivity contribution in [2.24, 2.45) is 0 Å². The summed E-state index contributed by atoms with van der Waals surface area (Å²) in [7, 11) is 1.59. The molecule has 0 saturated carbocycles. The Bertz CT molecular complexity index is 1740. The summed E-state index contributed by atoms with van der Waals surface area (Å²) in [5.74, 6) is 0.843. The quantitative estimate of drug-likeness (QED) is 0.214. The molecule has 44 heavy (non-hydrogen) atoms. The molecule has 230 valence electrons. The van der Waals surface area contributed by atoms with Gasteiger partial charge in [0.25, 0.3) is 6.43 Å². The van der Waals surface area contributed by atoms with Gasteiger partial charge in [0, 0.05) is 30.9 Å². The summed E-state index contributed by atoms with van der Waals surface area (Å²) in [6.07, 6.45) is -0.494. The van der Waals surface area contributed by atoms with Crippen LogP contribution in [-0.2, 0) is 11.2 Å². The van der Waals surface area contributed by atoms with Gasteiger partial charge in [-0.2, -0.15) is 15.0 Å². The fourth-order valence-corrected chi connectivity index (χ4v) is 5.28. The van der Waals surface area contributed by atoms with E-state index < -0.39 is 17.8 Å². The van der Waals surface area contributed by atoms with Crippen molar-refractivity contribution in [2.75, 3.05) is 43.6 Å². The lowest BCUT2D eigenvalue weighted by Gasteiger charge is -2.30. The highest BCUT2D eigenvalue weighted by atomic mass is 19.3. The standard InChI is InChI=1S/C31H32F2N8O2.CH4/c1-31(2,19-21-8-4-5-9-22(21)20-12-13-34-25(18-20)42-3)39-28-36-29(40-14-16-43-17-15-40)38-30(37-28)41-24-11-7-6-10-23(24)35-27(41)26(32)33;/h4-13,18,26H,14-17,19H2,1-3H3,(H,36,37,38,39);1H4. The van der Waals surface area contributed by atoms with Crippen LogP contribution in [0.2, 0.25) is 0 Å². The molecule has 10 nitrogen and oxygen atoms in total. The molecule has 0 spiro atoms. The van der Waals surface area contributed by atoms with Crippen molar-refractivity contribution in [3.05, 3.63) is 78.2 Å². The van der Waals surface area contributed by atoms with E-state index in [1.165, 1.54) is 4.57 Å². The van der Waals surface area contributed by atoms with Crippen LogP contribution in [0.25, 0.3) is 28.1 Å². The van der Waals surface area contributed by atoms with Gasteiger partial charge in [-0.15, -0.1) is 0 Å². The van der Waals surface area contributed by atoms with Gasteiger partial charge in [-0.1, -0.05) is 43.8 Å². The molecule has 2 aromatic carbocycles. The molecule has 3 aromatic heterocycles. The average Bonchev–Trinajstić information content (AvgIpc) is 3.41. The van der Waals surface area contributed by atoms with E-state index in [-0.39, 0.29) is 19.3 Å². The molecule has 4 heterocycles. The Kier molecular flexibility index (Phi) is 9.00. The SMILES string of the molecule is C.COc1cc(-c2ccccc2CC(C)(C)Nc2nc(N3CCOCC3)nc(-n3c(C(F)F)nc4ccccc43)n2)ccn1. The first-order valence-corrected chi connectivity index (χ1v) is 14.0. The smallest absolute Gasteiger partial charge is 0.296 e. The predicted octanol–water partition coefficient (Wildman–Crippen LogP) is 6.12. The summed E-state index contributed by atoms with van der Waals surface area (Å²) < 4.78 is 40.6. The number of anilines is 2. The molecule has 6 rings (SSSR count). The summed E-state index contributed by atoms with van der Waals surface area (Å²) >= 11 is 0. The first-order valence-electron chi connectivity index (χ1n) is 14.0. The minimum absolute atomic E-state index is 0. The van der Waals surface area contributed by atoms with Crippen LogP contribution in [0.5, 0.6) is 5.88 Å². The number of morpholine rings is 1. The number of aromatic nitrogens is 6. The molecule has 1 N–H and O–H groups in total. The van der Waals surface area contributed by atoms with E-state index in [0.717, 1.165) is 16.7 Å². The highest BCUT2D eigenvalue weighted by Crippen LogP contribution is 2.31. The highest BCUT2D eigenvalue weighted by molar-refractivity contribution is 5.77. The Hall–Kier alpha value is -4.71. The number of imidazole rings is 1. The van der Waals surface area contributed by atoms with E-state index in [1.807, 2.05) is 43.0 Å². The van der Waals surface area contributed by atoms with Crippen LogP contribution < -0.4 is 15.0 Å². The number of nitrogens with one attached hydrogen (secondary N) is 1. The van der Waals surface area contributed by atoms with Crippen molar-refractivity contribution in [2.45, 2.75) is 39.7 Å². The molecule has 1 aliphatic rings. The molecular formula is C32H36F2N8O2. The third kappa shape index (κ3) is 6.45. The van der Waals surface area contributed by atoms with Gasteiger partial charge in [0.15, 0.2) is 5.82 Å². The number of fused-ring (bicyclic) bond motifs is 1. The Morgan fingerprint density at radius 1 is 0.955 bits per heavy atom. The van der Waals surface area contributed by atoms with Gasteiger partial charge < -0.3 is 19.7 Å². The van der Waals surface area contributed by atoms with Gasteiger partial charge in [-0.25, -0.2) is 18.7 Å². The van der Waals surface area contributed by atoms with E-state index in [4.69, 9.17) is 14.5 Å². The number of rotatable bonds is 9. The Morgan fingerprint density at radius 2 is 1.68 bits per heavy atom. The summed E-state index contributed by atoms with van der Waals surface area (Å²) in [6, 6.07) is 19.0. The molecule has 0 atom stereocenters. The number of halogens is 2. The number of nitrogens with zero attached hydrogens (tertiary/aromatic N) is 7. The molecule has 0 aliphatic carbocycles. The van der Waals surface area contributed by atoms with E-state index in [0.29, 0.717) is 55.6 Å². The summed E-state index contributed by atoms with van der Waals surface area (Å²) in [6.45, 7) is 6.27. The van der Waals surface area contributed by atoms with Crippen molar-refractivity contribution < 1.29 is 18.3 Å². The molecule has 0 radical (unpaired) electrons. The lowest BCUT2D eigenvalue weighted by Crippen LogP contribution is -2.39. The lowest BCUT2D eigenvalue weighted by atomic mass is 9.90. The van der Waals surface area contributed by atoms with Gasteiger partial charge in [0.1, 0.15) is 0 Å². The molecule has 0 unspecified atom stereocenters. The van der Waals surface area contributed by atoms with Gasteiger partial charge >= 0.3 is 0 Å². The van der Waals surface area contributed by atoms with Crippen LogP contribution in [0.1, 0.15) is 39.1 Å². The largest absolute Gasteiger partial charge is 0.481 e. The topological polar surface area (TPSA) is 103 Å². The van der Waals surface area contributed by atoms with Crippen molar-refractivity contribution in [3.8, 4) is 23.0 Å². The molecular weight excluding hydrogens is 566 g/mol. The van der Waals surface area contributed by atoms with E-state index in [9.17, 15) is 8.78 Å². The van der Waals surface area contributed by atoms with Crippen LogP contribution in [0.3, 0.4) is 0 Å². The third-order valence-corrected chi connectivity index (χ3v) is 7.24. The van der Waals surface area contributed by atoms with Crippen LogP contribution in [-0.4, -0.2) is 68.4 Å². The fraction of sp³-hybridized carbons (Fsp3) is 0.344. The van der Waals surface area contributed by atoms with E-state index in [1.54, 1.807) is 37.6 Å². The van der Waals surface area contributed by atoms with Crippen molar-refractivity contribution in [1.82, 2.24) is 29.5 Å². The number of methoxy groups -OCH3 is 1. The maximum absolute atomic E-state index is 14.2. The Morgan fingerprint density at radius 3 is 2.45 bits per heavy atom. The Labute approximate surface area is 255 Å². The van der Waals surface area contributed by atoms with Crippen LogP contribution in [0.15, 0.2) is 66.9 Å². The molecule has 0 bridgehead atoms. The second-order valence-corrected chi connectivity index (χ2v) is 10.9. The summed E-state index contributed by atoms with van der Waals surface area (Å²) in [4.78, 5) is 24.5. The maximum atomic E-state index is 14.2. The first-order chi connectivity index (χ1) is 20.8. The Balaban J connectivity index is 0.00000384. The number of hydrogen-bond acceptors (Lipinski definition) is 9. The van der Waals surface area contributed by atoms with Gasteiger partial charge in [-0.3, -0.25) is 4.57 Å². The number of alkyl halides is 2. The molecule has 5 aromatic rings. The first kappa shape index (κ1) is 30.7. The predicted molar refractivity (Wildman–Crippen MR) is 167 cm³/mol. The molecule has 1 saturated heterocycles. The zero-order valence-electron chi connectivity index (χ0n) is 24.2. The second-order valence-electron chi connectivity index (χ2n) is 10.9. The monoisotopic (exact) mass is 602 g/mol. The average molecular weight is 603 g/mol. The van der Waals surface area contributed by atoms with Gasteiger partial charge in [0.05, 0.1) is 31.4 Å². The number of para-hydroxylation sites is 2. The third-order valence-electron chi connectivity index (χ3n) is 7.24. The number of ether oxygens (including phenoxy) is 2. The summed E-state index contributed by atoms with van der Waals surface area (Å²) in [5.41, 5.74) is 3.51. The van der Waals surface area contributed by atoms with Crippen LogP contribution in [0, 0.1) is 0 Å². The second kappa shape index (κ2) is 12.9.